The molecular formula is C17H17N7O3. The van der Waals surface area contributed by atoms with Crippen molar-refractivity contribution in [2.45, 2.75) is 6.42 Å². The highest BCUT2D eigenvalue weighted by atomic mass is 16.2. The van der Waals surface area contributed by atoms with Crippen LogP contribution in [0, 0.1) is 0 Å². The van der Waals surface area contributed by atoms with Crippen LogP contribution in [-0.4, -0.2) is 39.8 Å². The number of primary amides is 1. The van der Waals surface area contributed by atoms with E-state index in [0.29, 0.717) is 28.0 Å². The van der Waals surface area contributed by atoms with Crippen LogP contribution in [-0.2, 0) is 4.79 Å². The van der Waals surface area contributed by atoms with E-state index < -0.39 is 11.9 Å². The molecule has 0 aliphatic heterocycles. The number of urea groups is 1. The number of hydrogen-bond donors (Lipinski definition) is 5. The molecule has 2 aromatic carbocycles. The maximum atomic E-state index is 12.4. The smallest absolute Gasteiger partial charge is 0.319 e. The van der Waals surface area contributed by atoms with E-state index in [0.717, 1.165) is 0 Å². The number of hydrogen-bond acceptors (Lipinski definition) is 5. The molecule has 0 saturated heterocycles. The van der Waals surface area contributed by atoms with Crippen LogP contribution in [0.5, 0.6) is 0 Å². The summed E-state index contributed by atoms with van der Waals surface area (Å²) in [5.41, 5.74) is 7.69. The number of benzene rings is 2. The Morgan fingerprint density at radius 3 is 2.48 bits per heavy atom. The number of nitrogens with zero attached hydrogens (tertiary/aromatic N) is 2. The molecule has 0 fully saturated rings. The molecule has 0 aliphatic carbocycles. The Morgan fingerprint density at radius 1 is 0.963 bits per heavy atom. The highest BCUT2D eigenvalue weighted by Crippen LogP contribution is 2.17. The molecule has 0 unspecified atom stereocenters. The van der Waals surface area contributed by atoms with Crippen LogP contribution in [0.1, 0.15) is 16.8 Å². The van der Waals surface area contributed by atoms with Crippen LogP contribution in [0.3, 0.4) is 0 Å². The van der Waals surface area contributed by atoms with Gasteiger partial charge in [0.15, 0.2) is 0 Å². The molecule has 0 radical (unpaired) electrons. The number of rotatable bonds is 6. The Balaban J connectivity index is 1.62. The van der Waals surface area contributed by atoms with Crippen molar-refractivity contribution in [2.24, 2.45) is 5.73 Å². The molecule has 3 rings (SSSR count). The second-order valence-corrected chi connectivity index (χ2v) is 5.66. The molecule has 0 aliphatic rings. The summed E-state index contributed by atoms with van der Waals surface area (Å²) in [4.78, 5) is 34.8. The average Bonchev–Trinajstić information content (AvgIpc) is 3.09. The number of carbonyl (C=O) groups is 3. The van der Waals surface area contributed by atoms with Gasteiger partial charge in [0.05, 0.1) is 0 Å². The molecule has 1 aromatic heterocycles. The summed E-state index contributed by atoms with van der Waals surface area (Å²) in [6, 6.07) is 11.2. The third kappa shape index (κ3) is 4.78. The molecule has 10 heteroatoms. The summed E-state index contributed by atoms with van der Waals surface area (Å²) in [6.45, 7) is 0.141. The van der Waals surface area contributed by atoms with E-state index in [2.05, 4.69) is 31.4 Å². The van der Waals surface area contributed by atoms with Crippen LogP contribution in [0.15, 0.2) is 42.5 Å². The van der Waals surface area contributed by atoms with Gasteiger partial charge in [0, 0.05) is 29.9 Å². The molecule has 0 saturated carbocycles. The van der Waals surface area contributed by atoms with Crippen molar-refractivity contribution in [2.75, 3.05) is 17.2 Å². The molecular weight excluding hydrogens is 350 g/mol. The number of aromatic nitrogens is 3. The number of H-pyrrole nitrogens is 1. The summed E-state index contributed by atoms with van der Waals surface area (Å²) in [6.07, 6.45) is 0.0549. The molecule has 4 amide bonds. The van der Waals surface area contributed by atoms with E-state index in [1.165, 1.54) is 0 Å². The monoisotopic (exact) mass is 367 g/mol. The Hall–Kier alpha value is -3.95. The van der Waals surface area contributed by atoms with Gasteiger partial charge < -0.3 is 21.7 Å². The molecule has 0 atom stereocenters. The Bertz CT molecular complexity index is 999. The number of anilines is 2. The third-order valence-electron chi connectivity index (χ3n) is 3.61. The first-order valence-corrected chi connectivity index (χ1v) is 8.06. The van der Waals surface area contributed by atoms with Crippen molar-refractivity contribution < 1.29 is 14.4 Å². The van der Waals surface area contributed by atoms with Crippen molar-refractivity contribution in [3.63, 3.8) is 0 Å². The lowest BCUT2D eigenvalue weighted by Gasteiger charge is -2.09. The molecule has 6 N–H and O–H groups in total. The van der Waals surface area contributed by atoms with Gasteiger partial charge in [-0.2, -0.15) is 15.4 Å². The molecule has 0 bridgehead atoms. The fraction of sp³-hybridized carbons (Fsp3) is 0.118. The van der Waals surface area contributed by atoms with Crippen LogP contribution in [0.4, 0.5) is 16.2 Å². The van der Waals surface area contributed by atoms with Gasteiger partial charge in [-0.3, -0.25) is 9.59 Å². The summed E-state index contributed by atoms with van der Waals surface area (Å²) < 4.78 is 0. The summed E-state index contributed by atoms with van der Waals surface area (Å²) in [7, 11) is 0. The van der Waals surface area contributed by atoms with Crippen LogP contribution < -0.4 is 21.7 Å². The summed E-state index contributed by atoms with van der Waals surface area (Å²) in [5.74, 6) is -0.813. The first-order valence-electron chi connectivity index (χ1n) is 8.06. The third-order valence-corrected chi connectivity index (χ3v) is 3.61. The largest absolute Gasteiger partial charge is 0.370 e. The lowest BCUT2D eigenvalue weighted by molar-refractivity contribution is -0.117. The fourth-order valence-corrected chi connectivity index (χ4v) is 2.33. The van der Waals surface area contributed by atoms with Crippen molar-refractivity contribution in [3.05, 3.63) is 48.0 Å². The maximum Gasteiger partial charge on any atom is 0.319 e. The van der Waals surface area contributed by atoms with E-state index in [9.17, 15) is 14.4 Å². The normalized spacial score (nSPS) is 10.4. The van der Waals surface area contributed by atoms with E-state index in [1.807, 2.05) is 0 Å². The predicted molar refractivity (Wildman–Crippen MR) is 99.1 cm³/mol. The Labute approximate surface area is 153 Å². The average molecular weight is 367 g/mol. The second-order valence-electron chi connectivity index (χ2n) is 5.66. The first kappa shape index (κ1) is 17.9. The molecule has 0 spiro atoms. The van der Waals surface area contributed by atoms with Crippen molar-refractivity contribution >= 4 is 40.3 Å². The fourth-order valence-electron chi connectivity index (χ4n) is 2.33. The van der Waals surface area contributed by atoms with Gasteiger partial charge in [0.1, 0.15) is 11.0 Å². The van der Waals surface area contributed by atoms with Crippen LogP contribution in [0.2, 0.25) is 0 Å². The minimum absolute atomic E-state index is 0.0549. The standard InChI is InChI=1S/C17H17N7O3/c18-15(25)6-7-19-17(27)21-12-3-1-2-11(9-12)20-16(26)10-4-5-13-14(8-10)23-24-22-13/h1-5,8-9H,6-7H2,(H2,18,25)(H,20,26)(H2,19,21,27)(H,22,23,24). The van der Waals surface area contributed by atoms with E-state index in [1.54, 1.807) is 42.5 Å². The summed E-state index contributed by atoms with van der Waals surface area (Å²) in [5, 5.41) is 18.3. The molecule has 1 heterocycles. The van der Waals surface area contributed by atoms with Crippen molar-refractivity contribution in [3.8, 4) is 0 Å². The van der Waals surface area contributed by atoms with Gasteiger partial charge in [-0.05, 0) is 36.4 Å². The quantitative estimate of drug-likeness (QED) is 0.443. The lowest BCUT2D eigenvalue weighted by Crippen LogP contribution is -2.31. The molecule has 10 nitrogen and oxygen atoms in total. The first-order chi connectivity index (χ1) is 13.0. The van der Waals surface area contributed by atoms with E-state index in [4.69, 9.17) is 5.73 Å². The van der Waals surface area contributed by atoms with Crippen molar-refractivity contribution in [1.82, 2.24) is 20.7 Å². The van der Waals surface area contributed by atoms with Gasteiger partial charge in [0.25, 0.3) is 5.91 Å². The van der Waals surface area contributed by atoms with Crippen LogP contribution in [0.25, 0.3) is 11.0 Å². The zero-order valence-corrected chi connectivity index (χ0v) is 14.2. The minimum atomic E-state index is -0.496. The van der Waals surface area contributed by atoms with Gasteiger partial charge in [-0.15, -0.1) is 0 Å². The van der Waals surface area contributed by atoms with Gasteiger partial charge in [0.2, 0.25) is 5.91 Å². The van der Waals surface area contributed by atoms with Gasteiger partial charge in [-0.1, -0.05) is 6.07 Å². The highest BCUT2D eigenvalue weighted by molar-refractivity contribution is 6.06. The number of nitrogens with one attached hydrogen (secondary N) is 4. The predicted octanol–water partition coefficient (Wildman–Crippen LogP) is 1.21. The molecule has 3 aromatic rings. The number of fused-ring (bicyclic) bond motifs is 1. The van der Waals surface area contributed by atoms with Gasteiger partial charge in [-0.25, -0.2) is 4.79 Å². The zero-order valence-electron chi connectivity index (χ0n) is 14.2. The lowest BCUT2D eigenvalue weighted by atomic mass is 10.2. The van der Waals surface area contributed by atoms with E-state index in [-0.39, 0.29) is 18.9 Å². The SMILES string of the molecule is NC(=O)CCNC(=O)Nc1cccc(NC(=O)c2ccc3n[nH]nc3c2)c1. The second kappa shape index (κ2) is 7.95. The Kier molecular flexibility index (Phi) is 5.26. The number of carbonyl (C=O) groups excluding carboxylic acids is 3. The van der Waals surface area contributed by atoms with Crippen molar-refractivity contribution in [1.29, 1.82) is 0 Å². The maximum absolute atomic E-state index is 12.4. The minimum Gasteiger partial charge on any atom is -0.370 e. The molecule has 138 valence electrons. The Morgan fingerprint density at radius 2 is 1.70 bits per heavy atom. The van der Waals surface area contributed by atoms with E-state index >= 15 is 0 Å². The molecule has 27 heavy (non-hydrogen) atoms. The zero-order chi connectivity index (χ0) is 19.2. The van der Waals surface area contributed by atoms with Gasteiger partial charge >= 0.3 is 6.03 Å². The summed E-state index contributed by atoms with van der Waals surface area (Å²) >= 11 is 0. The van der Waals surface area contributed by atoms with Crippen LogP contribution >= 0.6 is 0 Å². The highest BCUT2D eigenvalue weighted by Gasteiger charge is 2.09. The number of amides is 4. The topological polar surface area (TPSA) is 155 Å². The number of aromatic amines is 1. The number of nitrogens with two attached hydrogens (primary N) is 1.